The molecule has 1 nitrogen and oxygen atoms in total. The second-order valence-electron chi connectivity index (χ2n) is 5.16. The van der Waals surface area contributed by atoms with E-state index in [9.17, 15) is 4.39 Å². The first-order valence-corrected chi connectivity index (χ1v) is 8.51. The minimum atomic E-state index is -0.178. The van der Waals surface area contributed by atoms with Gasteiger partial charge in [-0.3, -0.25) is 0 Å². The highest BCUT2D eigenvalue weighted by Gasteiger charge is 2.15. The maximum Gasteiger partial charge on any atom is 0.123 e. The minimum Gasteiger partial charge on any atom is -0.306 e. The summed E-state index contributed by atoms with van der Waals surface area (Å²) in [7, 11) is 0. The van der Waals surface area contributed by atoms with Gasteiger partial charge < -0.3 is 5.32 Å². The van der Waals surface area contributed by atoms with Gasteiger partial charge in [0.05, 0.1) is 6.04 Å². The van der Waals surface area contributed by atoms with Gasteiger partial charge in [-0.2, -0.15) is 0 Å². The van der Waals surface area contributed by atoms with E-state index in [1.54, 1.807) is 23.9 Å². The first-order valence-electron chi connectivity index (χ1n) is 7.29. The molecule has 0 fully saturated rings. The van der Waals surface area contributed by atoms with Crippen molar-refractivity contribution in [2.45, 2.75) is 31.2 Å². The second-order valence-corrected chi connectivity index (χ2v) is 6.04. The topological polar surface area (TPSA) is 12.0 Å². The van der Waals surface area contributed by atoms with Crippen molar-refractivity contribution < 1.29 is 4.39 Å². The number of rotatable bonds is 6. The van der Waals surface area contributed by atoms with E-state index in [-0.39, 0.29) is 11.9 Å². The Balaban J connectivity index is 2.36. The van der Waals surface area contributed by atoms with Crippen LogP contribution < -0.4 is 5.32 Å². The molecule has 0 heterocycles. The Morgan fingerprint density at radius 3 is 2.43 bits per heavy atom. The average molecular weight is 303 g/mol. The van der Waals surface area contributed by atoms with Crippen molar-refractivity contribution in [1.29, 1.82) is 0 Å². The van der Waals surface area contributed by atoms with E-state index >= 15 is 0 Å². The zero-order chi connectivity index (χ0) is 15.2. The number of thioether (sulfide) groups is 1. The third-order valence-corrected chi connectivity index (χ3v) is 4.33. The molecule has 0 saturated heterocycles. The number of hydrogen-bond acceptors (Lipinski definition) is 2. The highest BCUT2D eigenvalue weighted by Crippen LogP contribution is 2.27. The summed E-state index contributed by atoms with van der Waals surface area (Å²) < 4.78 is 13.3. The molecule has 21 heavy (non-hydrogen) atoms. The maximum absolute atomic E-state index is 13.3. The molecule has 0 spiro atoms. The highest BCUT2D eigenvalue weighted by molar-refractivity contribution is 7.98. The fourth-order valence-corrected chi connectivity index (χ4v) is 2.86. The Morgan fingerprint density at radius 2 is 1.86 bits per heavy atom. The number of hydrogen-bond donors (Lipinski definition) is 1. The minimum absolute atomic E-state index is 0.112. The standard InChI is InChI=1S/C18H22FNS/c1-4-11-20-18(14-5-8-16(21-3)9-6-14)17-10-7-15(19)12-13(17)2/h5-10,12,18,20H,4,11H2,1-3H3. The van der Waals surface area contributed by atoms with Crippen LogP contribution in [0.3, 0.4) is 0 Å². The lowest BCUT2D eigenvalue weighted by Gasteiger charge is -2.22. The van der Waals surface area contributed by atoms with Gasteiger partial charge in [-0.1, -0.05) is 25.1 Å². The highest BCUT2D eigenvalue weighted by atomic mass is 32.2. The molecule has 112 valence electrons. The largest absolute Gasteiger partial charge is 0.306 e. The second kappa shape index (κ2) is 7.62. The van der Waals surface area contributed by atoms with Gasteiger partial charge in [0.15, 0.2) is 0 Å². The summed E-state index contributed by atoms with van der Waals surface area (Å²) in [5.41, 5.74) is 3.34. The maximum atomic E-state index is 13.3. The van der Waals surface area contributed by atoms with E-state index < -0.39 is 0 Å². The zero-order valence-corrected chi connectivity index (χ0v) is 13.6. The molecule has 3 heteroatoms. The quantitative estimate of drug-likeness (QED) is 0.758. The van der Waals surface area contributed by atoms with Crippen LogP contribution in [-0.4, -0.2) is 12.8 Å². The number of benzene rings is 2. The van der Waals surface area contributed by atoms with Crippen molar-refractivity contribution in [3.8, 4) is 0 Å². The molecule has 0 bridgehead atoms. The van der Waals surface area contributed by atoms with Crippen molar-refractivity contribution >= 4 is 11.8 Å². The Hall–Kier alpha value is -1.32. The van der Waals surface area contributed by atoms with Crippen LogP contribution in [0.1, 0.15) is 36.1 Å². The van der Waals surface area contributed by atoms with E-state index in [0.717, 1.165) is 24.1 Å². The fourth-order valence-electron chi connectivity index (χ4n) is 2.46. The monoisotopic (exact) mass is 303 g/mol. The summed E-state index contributed by atoms with van der Waals surface area (Å²) in [6, 6.07) is 13.7. The summed E-state index contributed by atoms with van der Waals surface area (Å²) in [6.07, 6.45) is 3.14. The first-order chi connectivity index (χ1) is 10.2. The van der Waals surface area contributed by atoms with Gasteiger partial charge >= 0.3 is 0 Å². The van der Waals surface area contributed by atoms with Crippen molar-refractivity contribution in [3.05, 3.63) is 65.0 Å². The molecule has 2 aromatic carbocycles. The fraction of sp³-hybridized carbons (Fsp3) is 0.333. The smallest absolute Gasteiger partial charge is 0.123 e. The van der Waals surface area contributed by atoms with Gasteiger partial charge in [-0.15, -0.1) is 11.8 Å². The van der Waals surface area contributed by atoms with E-state index in [4.69, 9.17) is 0 Å². The molecule has 2 rings (SSSR count). The summed E-state index contributed by atoms with van der Waals surface area (Å²) in [4.78, 5) is 1.25. The van der Waals surface area contributed by atoms with E-state index in [1.807, 2.05) is 13.0 Å². The van der Waals surface area contributed by atoms with Crippen LogP contribution in [0, 0.1) is 12.7 Å². The van der Waals surface area contributed by atoms with Crippen LogP contribution in [0.15, 0.2) is 47.4 Å². The molecule has 0 amide bonds. The van der Waals surface area contributed by atoms with Crippen LogP contribution in [0.5, 0.6) is 0 Å². The number of nitrogens with one attached hydrogen (secondary N) is 1. The Morgan fingerprint density at radius 1 is 1.14 bits per heavy atom. The molecule has 1 unspecified atom stereocenters. The summed E-state index contributed by atoms with van der Waals surface area (Å²) in [5, 5.41) is 3.57. The molecule has 2 aromatic rings. The molecule has 0 aliphatic rings. The molecule has 0 saturated carbocycles. The Bertz CT molecular complexity index is 580. The molecule has 1 atom stereocenters. The third kappa shape index (κ3) is 4.08. The SMILES string of the molecule is CCCNC(c1ccc(SC)cc1)c1ccc(F)cc1C. The summed E-state index contributed by atoms with van der Waals surface area (Å²) >= 11 is 1.74. The molecule has 0 aliphatic heterocycles. The molecule has 0 aliphatic carbocycles. The van der Waals surface area contributed by atoms with Crippen LogP contribution in [0.25, 0.3) is 0 Å². The summed E-state index contributed by atoms with van der Waals surface area (Å²) in [6.45, 7) is 5.06. The zero-order valence-electron chi connectivity index (χ0n) is 12.8. The van der Waals surface area contributed by atoms with E-state index in [0.29, 0.717) is 0 Å². The normalized spacial score (nSPS) is 12.4. The van der Waals surface area contributed by atoms with Crippen molar-refractivity contribution in [1.82, 2.24) is 5.32 Å². The van der Waals surface area contributed by atoms with Crippen molar-refractivity contribution in [3.63, 3.8) is 0 Å². The lowest BCUT2D eigenvalue weighted by atomic mass is 9.95. The van der Waals surface area contributed by atoms with Crippen LogP contribution >= 0.6 is 11.8 Å². The van der Waals surface area contributed by atoms with Gasteiger partial charge in [-0.25, -0.2) is 4.39 Å². The molecule has 0 aromatic heterocycles. The molecule has 0 radical (unpaired) electrons. The molecular weight excluding hydrogens is 281 g/mol. The van der Waals surface area contributed by atoms with Gasteiger partial charge in [0.2, 0.25) is 0 Å². The third-order valence-electron chi connectivity index (χ3n) is 3.59. The van der Waals surface area contributed by atoms with Crippen molar-refractivity contribution in [2.24, 2.45) is 0 Å². The molecular formula is C18H22FNS. The van der Waals surface area contributed by atoms with Gasteiger partial charge in [0, 0.05) is 4.90 Å². The predicted molar refractivity (Wildman–Crippen MR) is 89.5 cm³/mol. The number of aryl methyl sites for hydroxylation is 1. The Kier molecular flexibility index (Phi) is 5.83. The average Bonchev–Trinajstić information content (AvgIpc) is 2.50. The van der Waals surface area contributed by atoms with Crippen molar-refractivity contribution in [2.75, 3.05) is 12.8 Å². The predicted octanol–water partition coefficient (Wildman–Crippen LogP) is 4.95. The number of halogens is 1. The van der Waals surface area contributed by atoms with E-state index in [2.05, 4.69) is 42.8 Å². The van der Waals surface area contributed by atoms with Crippen LogP contribution in [0.4, 0.5) is 4.39 Å². The van der Waals surface area contributed by atoms with Gasteiger partial charge in [0.25, 0.3) is 0 Å². The van der Waals surface area contributed by atoms with E-state index in [1.165, 1.54) is 10.5 Å². The molecule has 1 N–H and O–H groups in total. The Labute approximate surface area is 131 Å². The van der Waals surface area contributed by atoms with Crippen LogP contribution in [-0.2, 0) is 0 Å². The lowest BCUT2D eigenvalue weighted by Crippen LogP contribution is -2.24. The van der Waals surface area contributed by atoms with Gasteiger partial charge in [0.1, 0.15) is 5.82 Å². The van der Waals surface area contributed by atoms with Crippen LogP contribution in [0.2, 0.25) is 0 Å². The first kappa shape index (κ1) is 16.1. The summed E-state index contributed by atoms with van der Waals surface area (Å²) in [5.74, 6) is -0.178. The lowest BCUT2D eigenvalue weighted by molar-refractivity contribution is 0.589. The van der Waals surface area contributed by atoms with Gasteiger partial charge in [-0.05, 0) is 67.1 Å².